The van der Waals surface area contributed by atoms with Crippen molar-refractivity contribution in [3.8, 4) is 11.1 Å². The number of halogens is 1. The predicted octanol–water partition coefficient (Wildman–Crippen LogP) is 5.81. The second-order valence-corrected chi connectivity index (χ2v) is 11.7. The fraction of sp³-hybridized carbons (Fsp3) is 0.452. The van der Waals surface area contributed by atoms with E-state index in [0.717, 1.165) is 52.2 Å². The third-order valence-corrected chi connectivity index (χ3v) is 7.50. The Bertz CT molecular complexity index is 1440. The number of aryl methyl sites for hydroxylation is 1. The minimum atomic E-state index is -0.539. The van der Waals surface area contributed by atoms with Crippen LogP contribution in [0.25, 0.3) is 11.1 Å². The number of anilines is 1. The van der Waals surface area contributed by atoms with Crippen molar-refractivity contribution < 1.29 is 18.8 Å². The van der Waals surface area contributed by atoms with Crippen LogP contribution in [-0.4, -0.2) is 56.5 Å². The number of nitrogens with two attached hydrogens (primary N) is 1. The van der Waals surface area contributed by atoms with E-state index in [9.17, 15) is 9.18 Å². The fourth-order valence-electron chi connectivity index (χ4n) is 5.79. The first kappa shape index (κ1) is 28.4. The molecule has 2 atom stereocenters. The maximum atomic E-state index is 14.4. The fourth-order valence-corrected chi connectivity index (χ4v) is 5.79. The molecule has 0 saturated carbocycles. The van der Waals surface area contributed by atoms with Gasteiger partial charge in [0.15, 0.2) is 0 Å². The molecule has 1 aliphatic heterocycles. The molecule has 41 heavy (non-hydrogen) atoms. The summed E-state index contributed by atoms with van der Waals surface area (Å²) in [6.45, 7) is 8.53. The number of pyridine rings is 1. The summed E-state index contributed by atoms with van der Waals surface area (Å²) < 4.78 is 20.0. The quantitative estimate of drug-likeness (QED) is 0.299. The largest absolute Gasteiger partial charge is 0.444 e. The van der Waals surface area contributed by atoms with Gasteiger partial charge in [0.25, 0.3) is 0 Å². The van der Waals surface area contributed by atoms with Gasteiger partial charge < -0.3 is 20.2 Å². The number of hydrogen-bond donors (Lipinski definition) is 1. The van der Waals surface area contributed by atoms with E-state index in [1.54, 1.807) is 23.4 Å². The molecule has 0 radical (unpaired) electrons. The molecule has 1 aliphatic carbocycles. The van der Waals surface area contributed by atoms with Crippen molar-refractivity contribution in [2.45, 2.75) is 77.4 Å². The zero-order valence-corrected chi connectivity index (χ0v) is 24.1. The summed E-state index contributed by atoms with van der Waals surface area (Å²) in [5.74, 6) is -0.139. The molecule has 1 aromatic carbocycles. The van der Waals surface area contributed by atoms with E-state index in [1.165, 1.54) is 6.07 Å². The number of hydrogen-bond acceptors (Lipinski definition) is 8. The number of amides is 1. The van der Waals surface area contributed by atoms with Gasteiger partial charge in [-0.1, -0.05) is 17.3 Å². The Kier molecular flexibility index (Phi) is 8.19. The zero-order chi connectivity index (χ0) is 29.1. The Balaban J connectivity index is 1.37. The molecule has 2 N–H and O–H groups in total. The lowest BCUT2D eigenvalue weighted by molar-refractivity contribution is 0.0192. The van der Waals surface area contributed by atoms with Gasteiger partial charge in [-0.15, -0.1) is 0 Å². The monoisotopic (exact) mass is 560 g/mol. The van der Waals surface area contributed by atoms with Crippen LogP contribution in [-0.2, 0) is 16.0 Å². The van der Waals surface area contributed by atoms with E-state index in [0.29, 0.717) is 32.4 Å². The topological polar surface area (TPSA) is 116 Å². The second kappa shape index (κ2) is 11.8. The van der Waals surface area contributed by atoms with E-state index < -0.39 is 5.60 Å². The molecule has 9 nitrogen and oxygen atoms in total. The van der Waals surface area contributed by atoms with E-state index in [-0.39, 0.29) is 29.8 Å². The SMILES string of the molecule is Cc1nc(N)nc2c1/C(=N/OCC[C@H]1CCCN1C(=O)OC(C)(C)C)CC(c1ccc(F)cc1-c1cccnc1)C2. The van der Waals surface area contributed by atoms with Crippen LogP contribution in [0.1, 0.15) is 74.9 Å². The Morgan fingerprint density at radius 3 is 2.80 bits per heavy atom. The highest BCUT2D eigenvalue weighted by atomic mass is 19.1. The van der Waals surface area contributed by atoms with Gasteiger partial charge in [-0.2, -0.15) is 0 Å². The third kappa shape index (κ3) is 6.64. The molecule has 5 rings (SSSR count). The van der Waals surface area contributed by atoms with Gasteiger partial charge in [0, 0.05) is 48.9 Å². The normalized spacial score (nSPS) is 19.7. The molecule has 2 aliphatic rings. The summed E-state index contributed by atoms with van der Waals surface area (Å²) in [5, 5.41) is 4.58. The average Bonchev–Trinajstić information content (AvgIpc) is 3.39. The molecule has 0 spiro atoms. The Hall–Kier alpha value is -4.08. The number of ether oxygens (including phenoxy) is 1. The molecule has 2 aromatic heterocycles. The Labute approximate surface area is 240 Å². The summed E-state index contributed by atoms with van der Waals surface area (Å²) in [6.07, 6.45) is 6.79. The first-order valence-electron chi connectivity index (χ1n) is 14.1. The number of nitrogens with zero attached hydrogens (tertiary/aromatic N) is 5. The number of fused-ring (bicyclic) bond motifs is 1. The highest BCUT2D eigenvalue weighted by molar-refractivity contribution is 6.03. The van der Waals surface area contributed by atoms with Crippen molar-refractivity contribution in [2.24, 2.45) is 5.16 Å². The van der Waals surface area contributed by atoms with Crippen LogP contribution in [0.4, 0.5) is 15.1 Å². The summed E-state index contributed by atoms with van der Waals surface area (Å²) in [6, 6.07) is 8.67. The number of rotatable bonds is 6. The van der Waals surface area contributed by atoms with Crippen LogP contribution in [0.3, 0.4) is 0 Å². The highest BCUT2D eigenvalue weighted by Gasteiger charge is 2.33. The maximum absolute atomic E-state index is 14.4. The molecule has 3 aromatic rings. The molecular formula is C31H37FN6O3. The predicted molar refractivity (Wildman–Crippen MR) is 155 cm³/mol. The molecular weight excluding hydrogens is 523 g/mol. The minimum absolute atomic E-state index is 0.0353. The van der Waals surface area contributed by atoms with Gasteiger partial charge in [0.1, 0.15) is 18.0 Å². The van der Waals surface area contributed by atoms with Crippen LogP contribution in [0, 0.1) is 12.7 Å². The first-order valence-corrected chi connectivity index (χ1v) is 14.1. The van der Waals surface area contributed by atoms with Gasteiger partial charge in [-0.05, 0) is 82.2 Å². The maximum Gasteiger partial charge on any atom is 0.410 e. The van der Waals surface area contributed by atoms with Crippen molar-refractivity contribution in [1.29, 1.82) is 0 Å². The van der Waals surface area contributed by atoms with Gasteiger partial charge in [-0.25, -0.2) is 19.2 Å². The molecule has 0 bridgehead atoms. The molecule has 1 fully saturated rings. The molecule has 1 saturated heterocycles. The Morgan fingerprint density at radius 2 is 2.05 bits per heavy atom. The first-order chi connectivity index (χ1) is 19.6. The highest BCUT2D eigenvalue weighted by Crippen LogP contribution is 2.38. The molecule has 1 amide bonds. The van der Waals surface area contributed by atoms with Gasteiger partial charge in [-0.3, -0.25) is 4.98 Å². The van der Waals surface area contributed by atoms with Crippen LogP contribution < -0.4 is 5.73 Å². The second-order valence-electron chi connectivity index (χ2n) is 11.7. The number of carbonyl (C=O) groups is 1. The minimum Gasteiger partial charge on any atom is -0.444 e. The van der Waals surface area contributed by atoms with E-state index >= 15 is 0 Å². The van der Waals surface area contributed by atoms with Gasteiger partial charge >= 0.3 is 6.09 Å². The van der Waals surface area contributed by atoms with Crippen LogP contribution >= 0.6 is 0 Å². The van der Waals surface area contributed by atoms with Crippen molar-refractivity contribution in [2.75, 3.05) is 18.9 Å². The van der Waals surface area contributed by atoms with Crippen LogP contribution in [0.5, 0.6) is 0 Å². The number of nitrogen functional groups attached to an aromatic ring is 1. The van der Waals surface area contributed by atoms with Crippen molar-refractivity contribution in [1.82, 2.24) is 19.9 Å². The lowest BCUT2D eigenvalue weighted by atomic mass is 9.78. The average molecular weight is 561 g/mol. The van der Waals surface area contributed by atoms with Crippen molar-refractivity contribution in [3.63, 3.8) is 0 Å². The lowest BCUT2D eigenvalue weighted by Crippen LogP contribution is -2.40. The number of carbonyl (C=O) groups excluding carboxylic acids is 1. The molecule has 3 heterocycles. The molecule has 216 valence electrons. The van der Waals surface area contributed by atoms with E-state index in [1.807, 2.05) is 45.9 Å². The number of likely N-dealkylation sites (tertiary alicyclic amines) is 1. The number of oxime groups is 1. The smallest absolute Gasteiger partial charge is 0.410 e. The van der Waals surface area contributed by atoms with Crippen molar-refractivity contribution in [3.05, 3.63) is 71.1 Å². The van der Waals surface area contributed by atoms with Crippen molar-refractivity contribution >= 4 is 17.8 Å². The Morgan fingerprint density at radius 1 is 1.22 bits per heavy atom. The number of aromatic nitrogens is 3. The summed E-state index contributed by atoms with van der Waals surface area (Å²) in [5.41, 5.74) is 11.2. The third-order valence-electron chi connectivity index (χ3n) is 7.50. The van der Waals surface area contributed by atoms with E-state index in [4.69, 9.17) is 15.3 Å². The van der Waals surface area contributed by atoms with Crippen LogP contribution in [0.2, 0.25) is 0 Å². The van der Waals surface area contributed by atoms with Gasteiger partial charge in [0.05, 0.1) is 17.1 Å². The van der Waals surface area contributed by atoms with E-state index in [2.05, 4.69) is 20.1 Å². The van der Waals surface area contributed by atoms with Gasteiger partial charge in [0.2, 0.25) is 5.95 Å². The molecule has 10 heteroatoms. The zero-order valence-electron chi connectivity index (χ0n) is 24.1. The summed E-state index contributed by atoms with van der Waals surface area (Å²) >= 11 is 0. The summed E-state index contributed by atoms with van der Waals surface area (Å²) in [7, 11) is 0. The van der Waals surface area contributed by atoms with Crippen LogP contribution in [0.15, 0.2) is 47.9 Å². The molecule has 1 unspecified atom stereocenters. The lowest BCUT2D eigenvalue weighted by Gasteiger charge is -2.29. The standard InChI is InChI=1S/C31H37FN6O3/c1-19-28-26(36-29(33)35-19)15-21(24-10-9-22(32)17-25(24)20-7-5-12-34-18-20)16-27(28)37-40-14-11-23-8-6-13-38(23)30(39)41-31(2,3)4/h5,7,9-10,12,17-18,21,23H,6,8,11,13-16H2,1-4H3,(H2,33,35,36)/b37-27+/t21?,23-/m1/s1. The summed E-state index contributed by atoms with van der Waals surface area (Å²) in [4.78, 5) is 33.5. The number of benzene rings is 1.